The van der Waals surface area contributed by atoms with Crippen molar-refractivity contribution in [3.63, 3.8) is 0 Å². The van der Waals surface area contributed by atoms with Crippen molar-refractivity contribution in [1.82, 2.24) is 0 Å². The Morgan fingerprint density at radius 3 is 2.41 bits per heavy atom. The molecule has 1 N–H and O–H groups in total. The molecule has 0 saturated carbocycles. The van der Waals surface area contributed by atoms with Gasteiger partial charge in [0.25, 0.3) is 5.91 Å². The number of fused-ring (bicyclic) bond motifs is 2. The van der Waals surface area contributed by atoms with E-state index >= 15 is 0 Å². The molecule has 2 atom stereocenters. The summed E-state index contributed by atoms with van der Waals surface area (Å²) in [6.07, 6.45) is 0. The lowest BCUT2D eigenvalue weighted by atomic mass is 9.79. The molecular formula is C25H19F2NO6. The number of carbonyl (C=O) groups is 2. The largest absolute Gasteiger partial charge is 0.486 e. The third-order valence-corrected chi connectivity index (χ3v) is 5.85. The lowest BCUT2D eigenvalue weighted by molar-refractivity contribution is -0.139. The van der Waals surface area contributed by atoms with E-state index in [-0.39, 0.29) is 11.3 Å². The van der Waals surface area contributed by atoms with Gasteiger partial charge in [-0.3, -0.25) is 14.5 Å². The van der Waals surface area contributed by atoms with Gasteiger partial charge in [-0.25, -0.2) is 0 Å². The summed E-state index contributed by atoms with van der Waals surface area (Å²) in [7, 11) is 0. The van der Waals surface area contributed by atoms with Gasteiger partial charge in [-0.15, -0.1) is 0 Å². The van der Waals surface area contributed by atoms with Gasteiger partial charge in [-0.2, -0.15) is 8.78 Å². The van der Waals surface area contributed by atoms with Crippen molar-refractivity contribution >= 4 is 17.6 Å². The maximum absolute atomic E-state index is 13.6. The highest BCUT2D eigenvalue weighted by atomic mass is 19.3. The molecule has 34 heavy (non-hydrogen) atoms. The molecule has 9 heteroatoms. The van der Waals surface area contributed by atoms with Gasteiger partial charge in [0.15, 0.2) is 11.5 Å². The molecule has 0 saturated heterocycles. The van der Waals surface area contributed by atoms with Gasteiger partial charge >= 0.3 is 12.6 Å². The molecule has 0 fully saturated rings. The number of alkyl halides is 2. The van der Waals surface area contributed by atoms with Gasteiger partial charge in [0, 0.05) is 11.3 Å². The molecule has 0 aliphatic carbocycles. The van der Waals surface area contributed by atoms with Gasteiger partial charge in [-0.05, 0) is 53.6 Å². The van der Waals surface area contributed by atoms with E-state index in [1.165, 1.54) is 29.2 Å². The topological polar surface area (TPSA) is 85.3 Å². The highest BCUT2D eigenvalue weighted by Gasteiger charge is 2.45. The van der Waals surface area contributed by atoms with E-state index in [1.54, 1.807) is 42.5 Å². The number of carboxylic acids is 1. The number of carbonyl (C=O) groups excluding carboxylic acids is 1. The van der Waals surface area contributed by atoms with Crippen LogP contribution in [-0.4, -0.2) is 36.8 Å². The van der Waals surface area contributed by atoms with Crippen molar-refractivity contribution in [1.29, 1.82) is 0 Å². The summed E-state index contributed by atoms with van der Waals surface area (Å²) >= 11 is 0. The minimum absolute atomic E-state index is 0.0747. The molecule has 0 spiro atoms. The van der Waals surface area contributed by atoms with Crippen molar-refractivity contribution < 1.29 is 37.7 Å². The normalized spacial score (nSPS) is 19.0. The number of carboxylic acid groups (broad SMARTS) is 1. The Morgan fingerprint density at radius 1 is 1.00 bits per heavy atom. The number of ether oxygens (including phenoxy) is 3. The highest BCUT2D eigenvalue weighted by molar-refractivity contribution is 6.11. The molecule has 2 heterocycles. The number of hydrogen-bond donors (Lipinski definition) is 1. The highest BCUT2D eigenvalue weighted by Crippen LogP contribution is 2.47. The maximum atomic E-state index is 13.6. The van der Waals surface area contributed by atoms with E-state index in [9.17, 15) is 23.5 Å². The standard InChI is InChI=1S/C25H19F2NO6/c26-25(27)34-16-8-6-15(7-9-16)28-22(14-5-10-19-20(13-14)33-12-11-32-19)21(24(30)31)17-3-1-2-4-18(17)23(28)29/h1-10,13,21-22,25H,11-12H2,(H,30,31)/t21-,22+/m0/s1. The molecule has 3 aromatic carbocycles. The Morgan fingerprint density at radius 2 is 1.71 bits per heavy atom. The first-order chi connectivity index (χ1) is 16.4. The summed E-state index contributed by atoms with van der Waals surface area (Å²) in [5.41, 5.74) is 1.53. The number of hydrogen-bond acceptors (Lipinski definition) is 5. The average Bonchev–Trinajstić information content (AvgIpc) is 2.84. The van der Waals surface area contributed by atoms with Gasteiger partial charge in [0.05, 0.1) is 6.04 Å². The van der Waals surface area contributed by atoms with E-state index in [0.717, 1.165) is 0 Å². The van der Waals surface area contributed by atoms with Crippen LogP contribution in [0.2, 0.25) is 0 Å². The van der Waals surface area contributed by atoms with Gasteiger partial charge in [-0.1, -0.05) is 24.3 Å². The minimum atomic E-state index is -2.99. The second-order valence-electron chi connectivity index (χ2n) is 7.80. The number of rotatable bonds is 5. The number of aliphatic carboxylic acids is 1. The van der Waals surface area contributed by atoms with E-state index in [2.05, 4.69) is 4.74 Å². The van der Waals surface area contributed by atoms with E-state index in [1.807, 2.05) is 0 Å². The summed E-state index contributed by atoms with van der Waals surface area (Å²) in [6, 6.07) is 16.2. The van der Waals surface area contributed by atoms with E-state index < -0.39 is 30.4 Å². The van der Waals surface area contributed by atoms with Crippen molar-refractivity contribution in [2.24, 2.45) is 0 Å². The van der Waals surface area contributed by atoms with Crippen LogP contribution in [0, 0.1) is 0 Å². The first kappa shape index (κ1) is 21.7. The Hall–Kier alpha value is -4.14. The smallest absolute Gasteiger partial charge is 0.387 e. The molecule has 1 amide bonds. The van der Waals surface area contributed by atoms with Crippen molar-refractivity contribution in [2.75, 3.05) is 18.1 Å². The maximum Gasteiger partial charge on any atom is 0.387 e. The van der Waals surface area contributed by atoms with Crippen LogP contribution in [-0.2, 0) is 4.79 Å². The fraction of sp³-hybridized carbons (Fsp3) is 0.200. The SMILES string of the molecule is O=C(O)[C@H]1c2ccccc2C(=O)N(c2ccc(OC(F)F)cc2)[C@@H]1c1ccc2c(c1)OCCO2. The molecular weight excluding hydrogens is 448 g/mol. The van der Waals surface area contributed by atoms with Crippen LogP contribution in [0.15, 0.2) is 66.7 Å². The van der Waals surface area contributed by atoms with Gasteiger partial charge in [0.1, 0.15) is 24.9 Å². The molecule has 5 rings (SSSR count). The summed E-state index contributed by atoms with van der Waals surface area (Å²) in [6.45, 7) is -2.24. The lowest BCUT2D eigenvalue weighted by Gasteiger charge is -2.41. The number of halogens is 2. The monoisotopic (exact) mass is 467 g/mol. The minimum Gasteiger partial charge on any atom is -0.486 e. The summed E-state index contributed by atoms with van der Waals surface area (Å²) in [5.74, 6) is -1.69. The predicted molar refractivity (Wildman–Crippen MR) is 117 cm³/mol. The zero-order chi connectivity index (χ0) is 23.8. The number of nitrogens with zero attached hydrogens (tertiary/aromatic N) is 1. The zero-order valence-corrected chi connectivity index (χ0v) is 17.7. The van der Waals surface area contributed by atoms with Crippen LogP contribution in [0.1, 0.15) is 33.4 Å². The average molecular weight is 467 g/mol. The Balaban J connectivity index is 1.67. The number of anilines is 1. The van der Waals surface area contributed by atoms with E-state index in [0.29, 0.717) is 41.5 Å². The second kappa shape index (κ2) is 8.66. The molecule has 2 aliphatic heterocycles. The zero-order valence-electron chi connectivity index (χ0n) is 17.7. The van der Waals surface area contributed by atoms with E-state index in [4.69, 9.17) is 9.47 Å². The molecule has 0 radical (unpaired) electrons. The van der Waals surface area contributed by atoms with Crippen LogP contribution in [0.3, 0.4) is 0 Å². The molecule has 0 bridgehead atoms. The van der Waals surface area contributed by atoms with Crippen molar-refractivity contribution in [2.45, 2.75) is 18.6 Å². The number of benzene rings is 3. The first-order valence-electron chi connectivity index (χ1n) is 10.5. The predicted octanol–water partition coefficient (Wildman–Crippen LogP) is 4.63. The van der Waals surface area contributed by atoms with Crippen LogP contribution >= 0.6 is 0 Å². The second-order valence-corrected chi connectivity index (χ2v) is 7.80. The molecule has 0 unspecified atom stereocenters. The van der Waals surface area contributed by atoms with Crippen LogP contribution in [0.4, 0.5) is 14.5 Å². The molecule has 174 valence electrons. The molecule has 3 aromatic rings. The fourth-order valence-electron chi connectivity index (χ4n) is 4.46. The number of amides is 1. The molecule has 2 aliphatic rings. The van der Waals surface area contributed by atoms with Crippen molar-refractivity contribution in [3.8, 4) is 17.2 Å². The Labute approximate surface area is 193 Å². The van der Waals surface area contributed by atoms with Crippen LogP contribution in [0.5, 0.6) is 17.2 Å². The fourth-order valence-corrected chi connectivity index (χ4v) is 4.46. The molecule has 7 nitrogen and oxygen atoms in total. The molecule has 0 aromatic heterocycles. The van der Waals surface area contributed by atoms with Crippen molar-refractivity contribution in [3.05, 3.63) is 83.4 Å². The third kappa shape index (κ3) is 3.79. The third-order valence-electron chi connectivity index (χ3n) is 5.85. The van der Waals surface area contributed by atoms with Gasteiger partial charge in [0.2, 0.25) is 0 Å². The van der Waals surface area contributed by atoms with Crippen LogP contribution < -0.4 is 19.1 Å². The van der Waals surface area contributed by atoms with Crippen LogP contribution in [0.25, 0.3) is 0 Å². The Bertz CT molecular complexity index is 1250. The Kier molecular flexibility index (Phi) is 5.53. The lowest BCUT2D eigenvalue weighted by Crippen LogP contribution is -2.45. The first-order valence-corrected chi connectivity index (χ1v) is 10.5. The van der Waals surface area contributed by atoms with Gasteiger partial charge < -0.3 is 19.3 Å². The summed E-state index contributed by atoms with van der Waals surface area (Å²) in [4.78, 5) is 27.6. The summed E-state index contributed by atoms with van der Waals surface area (Å²) < 4.78 is 40.8. The quantitative estimate of drug-likeness (QED) is 0.589. The summed E-state index contributed by atoms with van der Waals surface area (Å²) in [5, 5.41) is 10.3.